The van der Waals surface area contributed by atoms with Crippen molar-refractivity contribution >= 4 is 29.1 Å². The first-order valence-corrected chi connectivity index (χ1v) is 12.9. The minimum atomic E-state index is -4.61. The van der Waals surface area contributed by atoms with Gasteiger partial charge in [-0.1, -0.05) is 30.3 Å². The molecule has 0 saturated heterocycles. The van der Waals surface area contributed by atoms with Gasteiger partial charge in [0.25, 0.3) is 17.7 Å². The van der Waals surface area contributed by atoms with Crippen LogP contribution in [0.3, 0.4) is 0 Å². The van der Waals surface area contributed by atoms with E-state index >= 15 is 0 Å². The van der Waals surface area contributed by atoms with E-state index in [-0.39, 0.29) is 29.7 Å². The van der Waals surface area contributed by atoms with E-state index in [4.69, 9.17) is 0 Å². The second-order valence-electron chi connectivity index (χ2n) is 9.22. The zero-order chi connectivity index (χ0) is 27.9. The predicted octanol–water partition coefficient (Wildman–Crippen LogP) is 5.11. The van der Waals surface area contributed by atoms with Crippen molar-refractivity contribution in [2.75, 3.05) is 6.54 Å². The quantitative estimate of drug-likeness (QED) is 0.323. The molecule has 0 radical (unpaired) electrons. The largest absolute Gasteiger partial charge is 0.416 e. The highest BCUT2D eigenvalue weighted by Crippen LogP contribution is 2.33. The molecule has 0 bridgehead atoms. The maximum absolute atomic E-state index is 13.7. The third-order valence-electron chi connectivity index (χ3n) is 6.64. The van der Waals surface area contributed by atoms with E-state index in [1.165, 1.54) is 41.7 Å². The molecule has 7 nitrogen and oxygen atoms in total. The van der Waals surface area contributed by atoms with Gasteiger partial charge in [0.1, 0.15) is 0 Å². The van der Waals surface area contributed by atoms with Crippen molar-refractivity contribution in [3.05, 3.63) is 98.9 Å². The van der Waals surface area contributed by atoms with Crippen molar-refractivity contribution in [3.63, 3.8) is 0 Å². The Balaban J connectivity index is 1.45. The summed E-state index contributed by atoms with van der Waals surface area (Å²) in [4.78, 5) is 41.5. The fourth-order valence-electron chi connectivity index (χ4n) is 4.77. The van der Waals surface area contributed by atoms with Crippen molar-refractivity contribution in [1.29, 1.82) is 0 Å². The van der Waals surface area contributed by atoms with E-state index in [2.05, 4.69) is 10.4 Å². The summed E-state index contributed by atoms with van der Waals surface area (Å²) < 4.78 is 42.9. The van der Waals surface area contributed by atoms with E-state index < -0.39 is 35.5 Å². The molecule has 2 aromatic carbocycles. The first-order valence-electron chi connectivity index (χ1n) is 12.0. The van der Waals surface area contributed by atoms with E-state index in [0.717, 1.165) is 27.1 Å². The van der Waals surface area contributed by atoms with Crippen molar-refractivity contribution < 1.29 is 27.6 Å². The van der Waals surface area contributed by atoms with Gasteiger partial charge in [0.15, 0.2) is 0 Å². The lowest BCUT2D eigenvalue weighted by Gasteiger charge is -2.25. The van der Waals surface area contributed by atoms with Crippen LogP contribution in [0, 0.1) is 6.92 Å². The van der Waals surface area contributed by atoms with Gasteiger partial charge in [0.05, 0.1) is 33.3 Å². The number of aryl methyl sites for hydroxylation is 2. The van der Waals surface area contributed by atoms with Gasteiger partial charge in [-0.2, -0.15) is 18.3 Å². The maximum atomic E-state index is 13.7. The third-order valence-corrected chi connectivity index (χ3v) is 7.69. The number of rotatable bonds is 7. The Morgan fingerprint density at radius 1 is 1.00 bits per heavy atom. The number of carbonyl (C=O) groups is 3. The number of fused-ring (bicyclic) bond motifs is 1. The molecule has 1 aliphatic rings. The number of benzene rings is 2. The average Bonchev–Trinajstić information content (AvgIpc) is 3.56. The second-order valence-corrected chi connectivity index (χ2v) is 10.5. The molecule has 39 heavy (non-hydrogen) atoms. The summed E-state index contributed by atoms with van der Waals surface area (Å²) in [6.45, 7) is 1.57. The normalized spacial score (nSPS) is 14.0. The summed E-state index contributed by atoms with van der Waals surface area (Å²) in [6.07, 6.45) is -3.21. The summed E-state index contributed by atoms with van der Waals surface area (Å²) in [5.41, 5.74) is 1.17. The second kappa shape index (κ2) is 10.1. The molecule has 1 aliphatic heterocycles. The Hall–Kier alpha value is -4.25. The van der Waals surface area contributed by atoms with Gasteiger partial charge in [0.2, 0.25) is 0 Å². The van der Waals surface area contributed by atoms with E-state index in [1.54, 1.807) is 36.1 Å². The van der Waals surface area contributed by atoms with Crippen LogP contribution in [-0.2, 0) is 19.6 Å². The van der Waals surface area contributed by atoms with Crippen molar-refractivity contribution in [2.45, 2.75) is 25.6 Å². The highest BCUT2D eigenvalue weighted by Gasteiger charge is 2.38. The molecule has 1 N–H and O–H groups in total. The summed E-state index contributed by atoms with van der Waals surface area (Å²) in [5, 5.41) is 6.95. The van der Waals surface area contributed by atoms with Crippen LogP contribution in [0.5, 0.6) is 0 Å². The molecule has 0 spiro atoms. The summed E-state index contributed by atoms with van der Waals surface area (Å²) >= 11 is 1.24. The molecule has 1 atom stereocenters. The fraction of sp³-hybridized carbons (Fsp3) is 0.214. The molecular weight excluding hydrogens is 529 g/mol. The molecule has 200 valence electrons. The number of hydrogen-bond acceptors (Lipinski definition) is 5. The monoisotopic (exact) mass is 552 g/mol. The third kappa shape index (κ3) is 5.09. The Morgan fingerprint density at radius 3 is 2.26 bits per heavy atom. The summed E-state index contributed by atoms with van der Waals surface area (Å²) in [7, 11) is 1.78. The van der Waals surface area contributed by atoms with Gasteiger partial charge >= 0.3 is 6.18 Å². The zero-order valence-corrected chi connectivity index (χ0v) is 21.8. The highest BCUT2D eigenvalue weighted by molar-refractivity contribution is 7.14. The smallest absolute Gasteiger partial charge is 0.346 e. The van der Waals surface area contributed by atoms with Crippen LogP contribution in [0.25, 0.3) is 11.3 Å². The van der Waals surface area contributed by atoms with Crippen molar-refractivity contribution in [2.24, 2.45) is 7.05 Å². The maximum Gasteiger partial charge on any atom is 0.416 e. The Bertz CT molecular complexity index is 1560. The lowest BCUT2D eigenvalue weighted by atomic mass is 9.99. The van der Waals surface area contributed by atoms with Crippen LogP contribution in [-0.4, -0.2) is 45.0 Å². The van der Waals surface area contributed by atoms with E-state index in [0.29, 0.717) is 4.88 Å². The van der Waals surface area contributed by atoms with Gasteiger partial charge in [-0.15, -0.1) is 11.3 Å². The first kappa shape index (κ1) is 26.4. The van der Waals surface area contributed by atoms with Crippen LogP contribution in [0.1, 0.15) is 46.4 Å². The fourth-order valence-corrected chi connectivity index (χ4v) is 5.70. The number of halogens is 3. The number of nitrogens with zero attached hydrogens (tertiary/aromatic N) is 3. The number of imide groups is 1. The molecule has 0 aliphatic carbocycles. The molecule has 0 fully saturated rings. The standard InChI is InChI=1S/C28H23F3N4O3S/c1-16-21(23-11-12-32-34(23)2)14-24(39-16)25(36)33-18(13-17-7-3-6-10-22(17)28(29,30)31)15-35-26(37)19-8-4-5-9-20(19)27(35)38/h3-12,14,18H,13,15H2,1-2H3,(H,33,36)/t18-/m0/s1. The topological polar surface area (TPSA) is 84.3 Å². The van der Waals surface area contributed by atoms with Crippen molar-refractivity contribution in [3.8, 4) is 11.3 Å². The SMILES string of the molecule is Cc1sc(C(=O)N[C@@H](Cc2ccccc2C(F)(F)F)CN2C(=O)c3ccccc3C2=O)cc1-c1ccnn1C. The molecule has 5 rings (SSSR count). The zero-order valence-electron chi connectivity index (χ0n) is 21.0. The number of hydrogen-bond donors (Lipinski definition) is 1. The predicted molar refractivity (Wildman–Crippen MR) is 139 cm³/mol. The molecular formula is C28H23F3N4O3S. The van der Waals surface area contributed by atoms with Crippen LogP contribution in [0.2, 0.25) is 0 Å². The summed E-state index contributed by atoms with van der Waals surface area (Å²) in [6, 6.07) is 13.9. The molecule has 3 amide bonds. The Labute approximate surface area is 225 Å². The first-order chi connectivity index (χ1) is 18.5. The van der Waals surface area contributed by atoms with E-state index in [1.807, 2.05) is 13.0 Å². The highest BCUT2D eigenvalue weighted by atomic mass is 32.1. The number of nitrogens with one attached hydrogen (secondary N) is 1. The van der Waals surface area contributed by atoms with Gasteiger partial charge < -0.3 is 5.32 Å². The lowest BCUT2D eigenvalue weighted by Crippen LogP contribution is -2.47. The number of alkyl halides is 3. The molecule has 11 heteroatoms. The molecule has 0 unspecified atom stereocenters. The minimum Gasteiger partial charge on any atom is -0.346 e. The van der Waals surface area contributed by atoms with Gasteiger partial charge in [-0.05, 0) is 49.2 Å². The Kier molecular flexibility index (Phi) is 6.85. The molecule has 0 saturated carbocycles. The average molecular weight is 553 g/mol. The van der Waals surface area contributed by atoms with Crippen LogP contribution in [0.15, 0.2) is 66.9 Å². The molecule has 4 aromatic rings. The van der Waals surface area contributed by atoms with Gasteiger partial charge in [-0.3, -0.25) is 24.0 Å². The van der Waals surface area contributed by atoms with Gasteiger partial charge in [-0.25, -0.2) is 0 Å². The van der Waals surface area contributed by atoms with Crippen LogP contribution in [0.4, 0.5) is 13.2 Å². The number of aromatic nitrogens is 2. The van der Waals surface area contributed by atoms with Gasteiger partial charge in [0, 0.05) is 30.2 Å². The minimum absolute atomic E-state index is 0.0511. The number of thiophene rings is 1. The molecule has 2 aromatic heterocycles. The van der Waals surface area contributed by atoms with Crippen molar-refractivity contribution in [1.82, 2.24) is 20.0 Å². The lowest BCUT2D eigenvalue weighted by molar-refractivity contribution is -0.138. The van der Waals surface area contributed by atoms with E-state index in [9.17, 15) is 27.6 Å². The summed E-state index contributed by atoms with van der Waals surface area (Å²) in [5.74, 6) is -1.61. The molecule has 3 heterocycles. The van der Waals surface area contributed by atoms with Crippen LogP contribution >= 0.6 is 11.3 Å². The van der Waals surface area contributed by atoms with Crippen LogP contribution < -0.4 is 5.32 Å². The Morgan fingerprint density at radius 2 is 1.64 bits per heavy atom. The number of amides is 3. The number of carbonyl (C=O) groups excluding carboxylic acids is 3.